The Kier molecular flexibility index (Phi) is 2.72. The van der Waals surface area contributed by atoms with Gasteiger partial charge in [-0.3, -0.25) is 0 Å². The summed E-state index contributed by atoms with van der Waals surface area (Å²) in [5.41, 5.74) is 7.84. The zero-order valence-electron chi connectivity index (χ0n) is 8.73. The third kappa shape index (κ3) is 2.18. The lowest BCUT2D eigenvalue weighted by Crippen LogP contribution is -1.82. The van der Waals surface area contributed by atoms with E-state index in [1.54, 1.807) is 6.07 Å². The van der Waals surface area contributed by atoms with E-state index in [1.807, 2.05) is 12.1 Å². The van der Waals surface area contributed by atoms with Gasteiger partial charge in [-0.1, -0.05) is 42.8 Å². The molecule has 0 amide bonds. The quantitative estimate of drug-likeness (QED) is 0.832. The van der Waals surface area contributed by atoms with Crippen LogP contribution in [0.2, 0.25) is 0 Å². The number of nitrogens with zero attached hydrogens (tertiary/aromatic N) is 1. The van der Waals surface area contributed by atoms with E-state index in [2.05, 4.69) is 24.2 Å². The number of hydrogen-bond donors (Lipinski definition) is 1. The van der Waals surface area contributed by atoms with Gasteiger partial charge in [-0.15, -0.1) is 0 Å². The second kappa shape index (κ2) is 4.17. The molecule has 2 aromatic rings. The van der Waals surface area contributed by atoms with E-state index in [1.165, 1.54) is 5.56 Å². The van der Waals surface area contributed by atoms with Gasteiger partial charge < -0.3 is 10.3 Å². The molecule has 0 aliphatic rings. The molecule has 0 saturated carbocycles. The normalized spacial score (nSPS) is 10.5. The molecule has 0 atom stereocenters. The lowest BCUT2D eigenvalue weighted by atomic mass is 10.1. The van der Waals surface area contributed by atoms with E-state index < -0.39 is 0 Å². The molecular formula is C12H14N2O. The topological polar surface area (TPSA) is 52.0 Å². The van der Waals surface area contributed by atoms with Crippen molar-refractivity contribution in [1.82, 2.24) is 5.16 Å². The van der Waals surface area contributed by atoms with Gasteiger partial charge in [0, 0.05) is 11.6 Å². The summed E-state index contributed by atoms with van der Waals surface area (Å²) in [6, 6.07) is 10.0. The highest BCUT2D eigenvalue weighted by Gasteiger charge is 2.03. The first-order valence-electron chi connectivity index (χ1n) is 5.11. The zero-order chi connectivity index (χ0) is 10.7. The first-order chi connectivity index (χ1) is 7.29. The van der Waals surface area contributed by atoms with Gasteiger partial charge in [0.15, 0.2) is 11.6 Å². The smallest absolute Gasteiger partial charge is 0.169 e. The van der Waals surface area contributed by atoms with Crippen LogP contribution in [0.3, 0.4) is 0 Å². The fraction of sp³-hybridized carbons (Fsp3) is 0.250. The predicted octanol–water partition coefficient (Wildman–Crippen LogP) is 2.88. The maximum Gasteiger partial charge on any atom is 0.169 e. The second-order valence-corrected chi connectivity index (χ2v) is 3.56. The fourth-order valence-electron chi connectivity index (χ4n) is 1.55. The van der Waals surface area contributed by atoms with E-state index in [-0.39, 0.29) is 0 Å². The van der Waals surface area contributed by atoms with Crippen LogP contribution in [0.15, 0.2) is 34.9 Å². The van der Waals surface area contributed by atoms with E-state index in [0.29, 0.717) is 5.82 Å². The zero-order valence-corrected chi connectivity index (χ0v) is 8.73. The average Bonchev–Trinajstić information content (AvgIpc) is 2.67. The van der Waals surface area contributed by atoms with Crippen molar-refractivity contribution in [2.24, 2.45) is 0 Å². The Balaban J connectivity index is 2.23. The summed E-state index contributed by atoms with van der Waals surface area (Å²) in [5.74, 6) is 1.14. The van der Waals surface area contributed by atoms with Crippen LogP contribution in [0.25, 0.3) is 11.3 Å². The molecule has 0 bridgehead atoms. The molecule has 1 aromatic carbocycles. The van der Waals surface area contributed by atoms with E-state index in [4.69, 9.17) is 10.3 Å². The fourth-order valence-corrected chi connectivity index (χ4v) is 1.55. The predicted molar refractivity (Wildman–Crippen MR) is 60.3 cm³/mol. The summed E-state index contributed by atoms with van der Waals surface area (Å²) in [4.78, 5) is 0. The van der Waals surface area contributed by atoms with Crippen molar-refractivity contribution in [3.63, 3.8) is 0 Å². The lowest BCUT2D eigenvalue weighted by molar-refractivity contribution is 0.436. The molecule has 0 spiro atoms. The largest absolute Gasteiger partial charge is 0.381 e. The molecule has 78 valence electrons. The van der Waals surface area contributed by atoms with Crippen LogP contribution in [0.5, 0.6) is 0 Å². The van der Waals surface area contributed by atoms with E-state index in [9.17, 15) is 0 Å². The van der Waals surface area contributed by atoms with Gasteiger partial charge in [0.1, 0.15) is 0 Å². The Morgan fingerprint density at radius 3 is 2.53 bits per heavy atom. The minimum Gasteiger partial charge on any atom is -0.381 e. The molecule has 0 unspecified atom stereocenters. The Morgan fingerprint density at radius 1 is 1.27 bits per heavy atom. The highest BCUT2D eigenvalue weighted by molar-refractivity contribution is 5.60. The van der Waals surface area contributed by atoms with Crippen LogP contribution in [-0.4, -0.2) is 5.16 Å². The van der Waals surface area contributed by atoms with Crippen LogP contribution in [0.1, 0.15) is 18.9 Å². The van der Waals surface area contributed by atoms with E-state index >= 15 is 0 Å². The molecule has 2 N–H and O–H groups in total. The summed E-state index contributed by atoms with van der Waals surface area (Å²) >= 11 is 0. The summed E-state index contributed by atoms with van der Waals surface area (Å²) < 4.78 is 5.08. The summed E-state index contributed by atoms with van der Waals surface area (Å²) in [7, 11) is 0. The highest BCUT2D eigenvalue weighted by Crippen LogP contribution is 2.21. The van der Waals surface area contributed by atoms with Crippen molar-refractivity contribution >= 4 is 5.82 Å². The molecular weight excluding hydrogens is 188 g/mol. The van der Waals surface area contributed by atoms with Gasteiger partial charge in [0.2, 0.25) is 0 Å². The minimum absolute atomic E-state index is 0.419. The number of nitrogens with two attached hydrogens (primary N) is 1. The molecule has 0 saturated heterocycles. The second-order valence-electron chi connectivity index (χ2n) is 3.56. The third-order valence-corrected chi connectivity index (χ3v) is 2.31. The number of rotatable bonds is 3. The molecule has 0 aliphatic heterocycles. The Bertz CT molecular complexity index is 431. The van der Waals surface area contributed by atoms with Crippen LogP contribution >= 0.6 is 0 Å². The maximum atomic E-state index is 5.49. The Labute approximate surface area is 88.9 Å². The van der Waals surface area contributed by atoms with Crippen molar-refractivity contribution in [2.45, 2.75) is 19.8 Å². The molecule has 0 radical (unpaired) electrons. The van der Waals surface area contributed by atoms with Gasteiger partial charge in [-0.05, 0) is 12.0 Å². The van der Waals surface area contributed by atoms with Gasteiger partial charge >= 0.3 is 0 Å². The summed E-state index contributed by atoms with van der Waals surface area (Å²) in [6.45, 7) is 2.17. The van der Waals surface area contributed by atoms with Crippen molar-refractivity contribution in [1.29, 1.82) is 0 Å². The standard InChI is InChI=1S/C12H14N2O/c1-2-3-9-4-6-10(7-5-9)11-8-12(13)14-15-11/h4-8H,2-3H2,1H3,(H2,13,14). The SMILES string of the molecule is CCCc1ccc(-c2cc(N)no2)cc1. The molecule has 1 heterocycles. The van der Waals surface area contributed by atoms with Gasteiger partial charge in [0.25, 0.3) is 0 Å². The Morgan fingerprint density at radius 2 is 2.00 bits per heavy atom. The molecule has 15 heavy (non-hydrogen) atoms. The number of nitrogen functional groups attached to an aromatic ring is 1. The van der Waals surface area contributed by atoms with E-state index in [0.717, 1.165) is 24.2 Å². The third-order valence-electron chi connectivity index (χ3n) is 2.31. The number of aromatic nitrogens is 1. The van der Waals surface area contributed by atoms with Crippen LogP contribution in [-0.2, 0) is 6.42 Å². The summed E-state index contributed by atoms with van der Waals surface area (Å²) in [5, 5.41) is 3.65. The van der Waals surface area contributed by atoms with Gasteiger partial charge in [-0.25, -0.2) is 0 Å². The monoisotopic (exact) mass is 202 g/mol. The molecule has 0 fully saturated rings. The minimum atomic E-state index is 0.419. The first kappa shape index (κ1) is 9.77. The van der Waals surface area contributed by atoms with Gasteiger partial charge in [0.05, 0.1) is 0 Å². The van der Waals surface area contributed by atoms with Crippen LogP contribution in [0, 0.1) is 0 Å². The first-order valence-corrected chi connectivity index (χ1v) is 5.11. The van der Waals surface area contributed by atoms with Crippen molar-refractivity contribution in [3.05, 3.63) is 35.9 Å². The number of hydrogen-bond acceptors (Lipinski definition) is 3. The molecule has 2 rings (SSSR count). The number of benzene rings is 1. The molecule has 3 heteroatoms. The van der Waals surface area contributed by atoms with Crippen LogP contribution in [0.4, 0.5) is 5.82 Å². The number of aryl methyl sites for hydroxylation is 1. The molecule has 3 nitrogen and oxygen atoms in total. The van der Waals surface area contributed by atoms with Crippen molar-refractivity contribution in [2.75, 3.05) is 5.73 Å². The number of anilines is 1. The molecule has 1 aromatic heterocycles. The lowest BCUT2D eigenvalue weighted by Gasteiger charge is -1.99. The van der Waals surface area contributed by atoms with Crippen LogP contribution < -0.4 is 5.73 Å². The van der Waals surface area contributed by atoms with Gasteiger partial charge in [-0.2, -0.15) is 0 Å². The maximum absolute atomic E-state index is 5.49. The average molecular weight is 202 g/mol. The van der Waals surface area contributed by atoms with Crippen molar-refractivity contribution < 1.29 is 4.52 Å². The Hall–Kier alpha value is -1.77. The highest BCUT2D eigenvalue weighted by atomic mass is 16.5. The summed E-state index contributed by atoms with van der Waals surface area (Å²) in [6.07, 6.45) is 2.27. The molecule has 0 aliphatic carbocycles. The van der Waals surface area contributed by atoms with Crippen molar-refractivity contribution in [3.8, 4) is 11.3 Å².